The Labute approximate surface area is 307 Å². The quantitative estimate of drug-likeness (QED) is 0.102. The number of nitrogens with zero attached hydrogens (tertiary/aromatic N) is 3. The highest BCUT2D eigenvalue weighted by Crippen LogP contribution is 2.20. The Morgan fingerprint density at radius 2 is 1.43 bits per heavy atom. The van der Waals surface area contributed by atoms with Crippen LogP contribution in [0.3, 0.4) is 0 Å². The van der Waals surface area contributed by atoms with E-state index in [0.29, 0.717) is 0 Å². The molecular weight excluding hydrogens is 689 g/mol. The van der Waals surface area contributed by atoms with E-state index in [1.807, 2.05) is 79.9 Å². The number of ether oxygens (including phenoxy) is 1. The summed E-state index contributed by atoms with van der Waals surface area (Å²) in [4.78, 5) is 50.9. The minimum Gasteiger partial charge on any atom is -0.444 e. The molecule has 0 unspecified atom stereocenters. The lowest BCUT2D eigenvalue weighted by molar-refractivity contribution is -0.126. The van der Waals surface area contributed by atoms with Crippen molar-refractivity contribution in [1.29, 1.82) is 0 Å². The molecule has 0 spiro atoms. The number of aliphatic hydroxyl groups excluding tert-OH is 2. The third-order valence-electron chi connectivity index (χ3n) is 8.27. The molecule has 0 saturated carbocycles. The van der Waals surface area contributed by atoms with Crippen molar-refractivity contribution in [3.63, 3.8) is 0 Å². The molecule has 274 valence electrons. The predicted molar refractivity (Wildman–Crippen MR) is 198 cm³/mol. The maximum absolute atomic E-state index is 13.9. The lowest BCUT2D eigenvalue weighted by Gasteiger charge is -2.34. The average molecular weight is 737 g/mol. The standard InChI is InChI=1S/C37H48N6O6S2/c1-23(2)31(42-36(47)43(5)19-27-21-50-35(39-27)24(3)4)34(46)40-29(16-25-12-8-6-9-13-25)32(44)33(45)30(17-26-14-10-7-11-15-26)41-37(48)49-20-28-18-38-22-51-28/h6-15,18,21-24,29-33,44-45H,16-17,19-20H2,1-5H3,(H,40,46)(H,41,48)(H,42,47)/t29-,30-,31-,32+,33+/m0/s1. The van der Waals surface area contributed by atoms with E-state index < -0.39 is 48.4 Å². The van der Waals surface area contributed by atoms with Crippen LogP contribution in [0.25, 0.3) is 0 Å². The summed E-state index contributed by atoms with van der Waals surface area (Å²) in [6, 6.07) is 15.1. The number of alkyl carbamates (subject to hydrolysis) is 1. The Balaban J connectivity index is 1.50. The van der Waals surface area contributed by atoms with Gasteiger partial charge in [-0.1, -0.05) is 88.4 Å². The van der Waals surface area contributed by atoms with E-state index in [1.54, 1.807) is 30.1 Å². The molecular formula is C37H48N6O6S2. The van der Waals surface area contributed by atoms with Crippen molar-refractivity contribution < 1.29 is 29.3 Å². The molecule has 12 nitrogen and oxygen atoms in total. The Bertz CT molecular complexity index is 1650. The van der Waals surface area contributed by atoms with Crippen LogP contribution in [-0.2, 0) is 35.5 Å². The summed E-state index contributed by atoms with van der Waals surface area (Å²) >= 11 is 2.89. The molecule has 2 aromatic carbocycles. The molecule has 0 aliphatic rings. The zero-order chi connectivity index (χ0) is 36.9. The van der Waals surface area contributed by atoms with Gasteiger partial charge in [0.25, 0.3) is 0 Å². The van der Waals surface area contributed by atoms with Gasteiger partial charge in [-0.2, -0.15) is 0 Å². The first-order valence-electron chi connectivity index (χ1n) is 16.9. The first-order chi connectivity index (χ1) is 24.4. The normalized spacial score (nSPS) is 14.3. The lowest BCUT2D eigenvalue weighted by atomic mass is 9.90. The van der Waals surface area contributed by atoms with E-state index in [1.165, 1.54) is 16.2 Å². The number of carbonyl (C=O) groups is 3. The third-order valence-corrected chi connectivity index (χ3v) is 10.2. The Kier molecular flexibility index (Phi) is 14.9. The number of rotatable bonds is 17. The van der Waals surface area contributed by atoms with Gasteiger partial charge in [-0.05, 0) is 29.9 Å². The van der Waals surface area contributed by atoms with E-state index in [4.69, 9.17) is 4.74 Å². The van der Waals surface area contributed by atoms with Crippen LogP contribution in [0.5, 0.6) is 0 Å². The third kappa shape index (κ3) is 12.1. The SMILES string of the molecule is CC(C)c1nc(CN(C)C(=O)N[C@H](C(=O)N[C@@H](Cc2ccccc2)[C@@H](O)[C@H](O)[C@H](Cc2ccccc2)NC(=O)OCc2cncs2)C(C)C)cs1. The second-order valence-corrected chi connectivity index (χ2v) is 15.0. The summed E-state index contributed by atoms with van der Waals surface area (Å²) in [5, 5.41) is 34.8. The molecule has 4 aromatic rings. The van der Waals surface area contributed by atoms with E-state index in [-0.39, 0.29) is 37.8 Å². The van der Waals surface area contributed by atoms with Gasteiger partial charge in [0.2, 0.25) is 5.91 Å². The molecule has 2 heterocycles. The van der Waals surface area contributed by atoms with Crippen molar-refractivity contribution in [2.75, 3.05) is 7.05 Å². The molecule has 14 heteroatoms. The monoisotopic (exact) mass is 736 g/mol. The first-order valence-corrected chi connectivity index (χ1v) is 18.7. The van der Waals surface area contributed by atoms with Crippen molar-refractivity contribution >= 4 is 40.7 Å². The number of nitrogens with one attached hydrogen (secondary N) is 3. The van der Waals surface area contributed by atoms with Crippen LogP contribution in [0.1, 0.15) is 60.3 Å². The van der Waals surface area contributed by atoms with Gasteiger partial charge >= 0.3 is 12.1 Å². The molecule has 4 rings (SSSR count). The van der Waals surface area contributed by atoms with Gasteiger partial charge in [0, 0.05) is 24.5 Å². The number of aromatic nitrogens is 2. The van der Waals surface area contributed by atoms with E-state index in [2.05, 4.69) is 39.8 Å². The summed E-state index contributed by atoms with van der Waals surface area (Å²) < 4.78 is 5.38. The summed E-state index contributed by atoms with van der Waals surface area (Å²) in [5.41, 5.74) is 4.01. The molecule has 5 atom stereocenters. The van der Waals surface area contributed by atoms with Gasteiger partial charge < -0.3 is 35.8 Å². The van der Waals surface area contributed by atoms with Gasteiger partial charge in [-0.3, -0.25) is 9.78 Å². The molecule has 2 aromatic heterocycles. The molecule has 0 saturated heterocycles. The van der Waals surface area contributed by atoms with Crippen molar-refractivity contribution in [2.45, 2.75) is 89.9 Å². The van der Waals surface area contributed by atoms with Crippen molar-refractivity contribution in [3.8, 4) is 0 Å². The average Bonchev–Trinajstić information content (AvgIpc) is 3.82. The van der Waals surface area contributed by atoms with Crippen molar-refractivity contribution in [1.82, 2.24) is 30.8 Å². The van der Waals surface area contributed by atoms with Crippen LogP contribution < -0.4 is 16.0 Å². The number of hydrogen-bond acceptors (Lipinski definition) is 10. The highest BCUT2D eigenvalue weighted by atomic mass is 32.1. The number of aliphatic hydroxyl groups is 2. The van der Waals surface area contributed by atoms with Crippen LogP contribution in [0, 0.1) is 5.92 Å². The second-order valence-electron chi connectivity index (χ2n) is 13.1. The fourth-order valence-corrected chi connectivity index (χ4v) is 6.73. The number of amides is 4. The molecule has 0 aliphatic carbocycles. The Hall–Kier alpha value is -4.37. The fraction of sp³-hybridized carbons (Fsp3) is 0.432. The fourth-order valence-electron chi connectivity index (χ4n) is 5.40. The van der Waals surface area contributed by atoms with E-state index in [0.717, 1.165) is 26.7 Å². The molecule has 0 aliphatic heterocycles. The van der Waals surface area contributed by atoms with E-state index in [9.17, 15) is 24.6 Å². The van der Waals surface area contributed by atoms with Crippen LogP contribution in [0.2, 0.25) is 0 Å². The summed E-state index contributed by atoms with van der Waals surface area (Å²) in [7, 11) is 1.64. The maximum atomic E-state index is 13.9. The smallest absolute Gasteiger partial charge is 0.407 e. The molecule has 4 amide bonds. The van der Waals surface area contributed by atoms with Crippen LogP contribution in [0.4, 0.5) is 9.59 Å². The Morgan fingerprint density at radius 3 is 1.94 bits per heavy atom. The topological polar surface area (TPSA) is 166 Å². The highest BCUT2D eigenvalue weighted by Gasteiger charge is 2.36. The number of urea groups is 1. The predicted octanol–water partition coefficient (Wildman–Crippen LogP) is 4.88. The van der Waals surface area contributed by atoms with Crippen LogP contribution >= 0.6 is 22.7 Å². The molecule has 0 bridgehead atoms. The zero-order valence-corrected chi connectivity index (χ0v) is 31.2. The van der Waals surface area contributed by atoms with E-state index >= 15 is 0 Å². The number of benzene rings is 2. The number of hydrogen-bond donors (Lipinski definition) is 5. The van der Waals surface area contributed by atoms with Crippen molar-refractivity contribution in [2.24, 2.45) is 5.92 Å². The molecule has 0 radical (unpaired) electrons. The largest absolute Gasteiger partial charge is 0.444 e. The number of thiazole rings is 2. The zero-order valence-electron chi connectivity index (χ0n) is 29.6. The highest BCUT2D eigenvalue weighted by molar-refractivity contribution is 7.09. The summed E-state index contributed by atoms with van der Waals surface area (Å²) in [6.45, 7) is 8.02. The Morgan fingerprint density at radius 1 is 0.843 bits per heavy atom. The van der Waals surface area contributed by atoms with Gasteiger partial charge in [-0.25, -0.2) is 14.6 Å². The van der Waals surface area contributed by atoms with Crippen molar-refractivity contribution in [3.05, 3.63) is 104 Å². The van der Waals surface area contributed by atoms with Crippen LogP contribution in [-0.4, -0.2) is 80.5 Å². The molecule has 0 fully saturated rings. The van der Waals surface area contributed by atoms with Crippen LogP contribution in [0.15, 0.2) is 77.8 Å². The maximum Gasteiger partial charge on any atom is 0.407 e. The molecule has 51 heavy (non-hydrogen) atoms. The summed E-state index contributed by atoms with van der Waals surface area (Å²) in [6.07, 6.45) is -1.89. The summed E-state index contributed by atoms with van der Waals surface area (Å²) in [5.74, 6) is -0.553. The number of carbonyl (C=O) groups excluding carboxylic acids is 3. The minimum atomic E-state index is -1.53. The van der Waals surface area contributed by atoms with Gasteiger partial charge in [0.15, 0.2) is 0 Å². The van der Waals surface area contributed by atoms with Gasteiger partial charge in [0.05, 0.1) is 39.7 Å². The lowest BCUT2D eigenvalue weighted by Crippen LogP contribution is -2.60. The molecule has 5 N–H and O–H groups in total. The second kappa shape index (κ2) is 19.3. The first kappa shape index (κ1) is 39.4. The van der Waals surface area contributed by atoms with Gasteiger partial charge in [0.1, 0.15) is 24.9 Å². The minimum absolute atomic E-state index is 0.000151. The van der Waals surface area contributed by atoms with Gasteiger partial charge in [-0.15, -0.1) is 22.7 Å².